The molecule has 0 aliphatic rings. The lowest BCUT2D eigenvalue weighted by Gasteiger charge is -2.02. The van der Waals surface area contributed by atoms with Crippen LogP contribution in [0.4, 0.5) is 4.39 Å². The lowest BCUT2D eigenvalue weighted by atomic mass is 10.2. The van der Waals surface area contributed by atoms with Gasteiger partial charge < -0.3 is 4.74 Å². The van der Waals surface area contributed by atoms with E-state index in [1.54, 1.807) is 18.2 Å². The van der Waals surface area contributed by atoms with Crippen molar-refractivity contribution in [2.75, 3.05) is 6.61 Å². The van der Waals surface area contributed by atoms with Crippen LogP contribution in [0.1, 0.15) is 12.5 Å². The Morgan fingerprint density at radius 2 is 1.88 bits per heavy atom. The Hall–Kier alpha value is -3.06. The molecule has 0 atom stereocenters. The van der Waals surface area contributed by atoms with Crippen molar-refractivity contribution >= 4 is 22.4 Å². The van der Waals surface area contributed by atoms with Gasteiger partial charge >= 0.3 is 0 Å². The average Bonchev–Trinajstić information content (AvgIpc) is 3.18. The van der Waals surface area contributed by atoms with Crippen molar-refractivity contribution in [3.8, 4) is 17.1 Å². The number of nitrogens with zero attached hydrogens (tertiary/aromatic N) is 3. The standard InChI is InChI=1S/C19H14FN3O2S/c1-2-25-15-9-5-13(6-10-15)17-21-19-23(22-17)18(24)16(26-19)11-12-3-7-14(20)8-4-12/h3-11H,2H2,1H3/b16-11-. The van der Waals surface area contributed by atoms with E-state index in [9.17, 15) is 9.18 Å². The summed E-state index contributed by atoms with van der Waals surface area (Å²) in [5, 5.41) is 4.32. The van der Waals surface area contributed by atoms with Crippen LogP contribution in [0, 0.1) is 5.82 Å². The van der Waals surface area contributed by atoms with Gasteiger partial charge in [0.05, 0.1) is 11.1 Å². The van der Waals surface area contributed by atoms with Crippen LogP contribution in [0.2, 0.25) is 0 Å². The molecule has 0 amide bonds. The number of fused-ring (bicyclic) bond motifs is 1. The van der Waals surface area contributed by atoms with E-state index < -0.39 is 0 Å². The molecule has 0 spiro atoms. The number of halogens is 1. The minimum atomic E-state index is -0.313. The Kier molecular flexibility index (Phi) is 4.22. The maximum Gasteiger partial charge on any atom is 0.291 e. The fourth-order valence-electron chi connectivity index (χ4n) is 2.53. The Bertz CT molecular complexity index is 1160. The molecule has 2 aromatic heterocycles. The molecule has 0 unspecified atom stereocenters. The lowest BCUT2D eigenvalue weighted by molar-refractivity contribution is 0.340. The monoisotopic (exact) mass is 367 g/mol. The summed E-state index contributed by atoms with van der Waals surface area (Å²) in [7, 11) is 0. The van der Waals surface area contributed by atoms with Gasteiger partial charge in [-0.2, -0.15) is 9.50 Å². The van der Waals surface area contributed by atoms with E-state index >= 15 is 0 Å². The van der Waals surface area contributed by atoms with Gasteiger partial charge in [-0.15, -0.1) is 5.10 Å². The molecule has 0 saturated heterocycles. The maximum atomic E-state index is 13.0. The number of ether oxygens (including phenoxy) is 1. The first-order valence-electron chi connectivity index (χ1n) is 8.04. The lowest BCUT2D eigenvalue weighted by Crippen LogP contribution is -2.23. The molecule has 0 N–H and O–H groups in total. The zero-order valence-corrected chi connectivity index (χ0v) is 14.7. The smallest absolute Gasteiger partial charge is 0.291 e. The first-order chi connectivity index (χ1) is 12.6. The third-order valence-corrected chi connectivity index (χ3v) is 4.73. The number of benzene rings is 2. The summed E-state index contributed by atoms with van der Waals surface area (Å²) >= 11 is 1.25. The van der Waals surface area contributed by atoms with Crippen molar-refractivity contribution in [2.24, 2.45) is 0 Å². The van der Waals surface area contributed by atoms with Gasteiger partial charge in [0, 0.05) is 5.56 Å². The predicted molar refractivity (Wildman–Crippen MR) is 98.9 cm³/mol. The first kappa shape index (κ1) is 16.4. The Morgan fingerprint density at radius 3 is 2.54 bits per heavy atom. The van der Waals surface area contributed by atoms with E-state index in [4.69, 9.17) is 4.74 Å². The topological polar surface area (TPSA) is 56.5 Å². The highest BCUT2D eigenvalue weighted by atomic mass is 32.1. The molecule has 2 heterocycles. The molecule has 0 aliphatic carbocycles. The highest BCUT2D eigenvalue weighted by molar-refractivity contribution is 7.15. The van der Waals surface area contributed by atoms with Crippen LogP contribution in [0.15, 0.2) is 53.3 Å². The molecule has 26 heavy (non-hydrogen) atoms. The van der Waals surface area contributed by atoms with E-state index in [1.165, 1.54) is 28.0 Å². The third-order valence-electron chi connectivity index (χ3n) is 3.77. The van der Waals surface area contributed by atoms with Crippen molar-refractivity contribution in [2.45, 2.75) is 6.92 Å². The zero-order chi connectivity index (χ0) is 18.1. The zero-order valence-electron chi connectivity index (χ0n) is 13.8. The van der Waals surface area contributed by atoms with E-state index in [0.717, 1.165) is 16.9 Å². The van der Waals surface area contributed by atoms with Gasteiger partial charge in [-0.1, -0.05) is 23.5 Å². The summed E-state index contributed by atoms with van der Waals surface area (Å²) in [6.45, 7) is 2.53. The van der Waals surface area contributed by atoms with Crippen molar-refractivity contribution in [1.82, 2.24) is 14.6 Å². The normalized spacial score (nSPS) is 12.0. The highest BCUT2D eigenvalue weighted by Crippen LogP contribution is 2.20. The van der Waals surface area contributed by atoms with Gasteiger partial charge in [-0.3, -0.25) is 4.79 Å². The van der Waals surface area contributed by atoms with Crippen LogP contribution >= 0.6 is 11.3 Å². The number of hydrogen-bond donors (Lipinski definition) is 0. The SMILES string of the molecule is CCOc1ccc(-c2nc3s/c(=C\c4ccc(F)cc4)c(=O)n3n2)cc1. The van der Waals surface area contributed by atoms with Crippen LogP contribution in [0.25, 0.3) is 22.4 Å². The molecule has 0 bridgehead atoms. The fourth-order valence-corrected chi connectivity index (χ4v) is 3.44. The molecule has 0 radical (unpaired) electrons. The van der Waals surface area contributed by atoms with Gasteiger partial charge in [0.15, 0.2) is 5.82 Å². The summed E-state index contributed by atoms with van der Waals surface area (Å²) in [6, 6.07) is 13.4. The maximum absolute atomic E-state index is 13.0. The third kappa shape index (κ3) is 3.09. The Morgan fingerprint density at radius 1 is 1.15 bits per heavy atom. The van der Waals surface area contributed by atoms with Crippen molar-refractivity contribution < 1.29 is 9.13 Å². The van der Waals surface area contributed by atoms with E-state index in [2.05, 4.69) is 10.1 Å². The largest absolute Gasteiger partial charge is 0.494 e. The quantitative estimate of drug-likeness (QED) is 0.557. The Labute approximate surface area is 152 Å². The summed E-state index contributed by atoms with van der Waals surface area (Å²) in [5.41, 5.74) is 1.33. The molecule has 0 fully saturated rings. The van der Waals surface area contributed by atoms with Gasteiger partial charge in [0.1, 0.15) is 11.6 Å². The van der Waals surface area contributed by atoms with E-state index in [-0.39, 0.29) is 11.4 Å². The van der Waals surface area contributed by atoms with Gasteiger partial charge in [-0.25, -0.2) is 4.39 Å². The van der Waals surface area contributed by atoms with Gasteiger partial charge in [-0.05, 0) is 55.0 Å². The van der Waals surface area contributed by atoms with Crippen LogP contribution in [-0.2, 0) is 0 Å². The van der Waals surface area contributed by atoms with E-state index in [1.807, 2.05) is 31.2 Å². The molecule has 4 rings (SSSR count). The van der Waals surface area contributed by atoms with Crippen LogP contribution in [-0.4, -0.2) is 21.2 Å². The molecule has 4 aromatic rings. The molecular weight excluding hydrogens is 353 g/mol. The van der Waals surface area contributed by atoms with Crippen molar-refractivity contribution in [3.05, 3.63) is 74.8 Å². The summed E-state index contributed by atoms with van der Waals surface area (Å²) in [4.78, 5) is 17.5. The molecule has 7 heteroatoms. The summed E-state index contributed by atoms with van der Waals surface area (Å²) in [5.74, 6) is 0.954. The Balaban J connectivity index is 1.71. The average molecular weight is 367 g/mol. The molecule has 0 aliphatic heterocycles. The second kappa shape index (κ2) is 6.68. The highest BCUT2D eigenvalue weighted by Gasteiger charge is 2.12. The minimum Gasteiger partial charge on any atom is -0.494 e. The fraction of sp³-hybridized carbons (Fsp3) is 0.105. The predicted octanol–water partition coefficient (Wildman–Crippen LogP) is 2.90. The first-order valence-corrected chi connectivity index (χ1v) is 8.86. The molecular formula is C19H14FN3O2S. The molecule has 130 valence electrons. The van der Waals surface area contributed by atoms with Crippen LogP contribution in [0.5, 0.6) is 5.75 Å². The molecule has 2 aromatic carbocycles. The number of thiazole rings is 1. The van der Waals surface area contributed by atoms with E-state index in [0.29, 0.717) is 21.9 Å². The van der Waals surface area contributed by atoms with Crippen molar-refractivity contribution in [1.29, 1.82) is 0 Å². The van der Waals surface area contributed by atoms with Crippen LogP contribution in [0.3, 0.4) is 0 Å². The number of rotatable bonds is 4. The molecule has 0 saturated carbocycles. The molecule has 5 nitrogen and oxygen atoms in total. The number of aromatic nitrogens is 3. The second-order valence-corrected chi connectivity index (χ2v) is 6.56. The van der Waals surface area contributed by atoms with Gasteiger partial charge in [0.25, 0.3) is 5.56 Å². The minimum absolute atomic E-state index is 0.237. The van der Waals surface area contributed by atoms with Gasteiger partial charge in [0.2, 0.25) is 4.96 Å². The van der Waals surface area contributed by atoms with Crippen molar-refractivity contribution in [3.63, 3.8) is 0 Å². The number of hydrogen-bond acceptors (Lipinski definition) is 5. The second-order valence-electron chi connectivity index (χ2n) is 5.55. The van der Waals surface area contributed by atoms with Crippen LogP contribution < -0.4 is 14.8 Å². The summed E-state index contributed by atoms with van der Waals surface area (Å²) < 4.78 is 20.2. The summed E-state index contributed by atoms with van der Waals surface area (Å²) in [6.07, 6.45) is 1.71.